The summed E-state index contributed by atoms with van der Waals surface area (Å²) in [6, 6.07) is -0.135. The summed E-state index contributed by atoms with van der Waals surface area (Å²) in [5.41, 5.74) is -0.544. The molecule has 2 fully saturated rings. The maximum Gasteiger partial charge on any atom is 0.411 e. The zero-order chi connectivity index (χ0) is 17.2. The number of hydrogen-bond acceptors (Lipinski definition) is 5. The molecule has 2 rings (SSSR count). The highest BCUT2D eigenvalue weighted by atomic mass is 32.2. The molecule has 2 saturated heterocycles. The third-order valence-corrected chi connectivity index (χ3v) is 5.39. The monoisotopic (exact) mass is 343 g/mol. The van der Waals surface area contributed by atoms with E-state index in [4.69, 9.17) is 4.74 Å². The van der Waals surface area contributed by atoms with Crippen LogP contribution in [0.5, 0.6) is 0 Å². The van der Waals surface area contributed by atoms with Gasteiger partial charge in [0.1, 0.15) is 11.6 Å². The van der Waals surface area contributed by atoms with Gasteiger partial charge in [-0.15, -0.1) is 11.8 Å². The number of carbonyl (C=O) groups excluding carboxylic acids is 2. The first kappa shape index (κ1) is 18.4. The molecule has 0 aromatic rings. The Hall–Kier alpha value is -0.950. The van der Waals surface area contributed by atoms with E-state index in [9.17, 15) is 9.59 Å². The van der Waals surface area contributed by atoms with Crippen LogP contribution in [0.25, 0.3) is 0 Å². The van der Waals surface area contributed by atoms with Crippen molar-refractivity contribution >= 4 is 23.8 Å². The Balaban J connectivity index is 1.98. The Morgan fingerprint density at radius 3 is 2.39 bits per heavy atom. The molecular weight excluding hydrogens is 314 g/mol. The van der Waals surface area contributed by atoms with E-state index in [-0.39, 0.29) is 11.9 Å². The van der Waals surface area contributed by atoms with Crippen molar-refractivity contribution in [3.8, 4) is 0 Å². The fraction of sp³-hybridized carbons (Fsp3) is 0.875. The van der Waals surface area contributed by atoms with Crippen molar-refractivity contribution in [3.63, 3.8) is 0 Å². The summed E-state index contributed by atoms with van der Waals surface area (Å²) in [4.78, 5) is 30.9. The van der Waals surface area contributed by atoms with E-state index in [1.54, 1.807) is 16.7 Å². The smallest absolute Gasteiger partial charge is 0.411 e. The summed E-state index contributed by atoms with van der Waals surface area (Å²) >= 11 is 1.61. The van der Waals surface area contributed by atoms with Gasteiger partial charge >= 0.3 is 6.09 Å². The van der Waals surface area contributed by atoms with Crippen LogP contribution >= 0.6 is 11.8 Å². The first-order chi connectivity index (χ1) is 10.7. The molecule has 23 heavy (non-hydrogen) atoms. The van der Waals surface area contributed by atoms with Gasteiger partial charge in [0.15, 0.2) is 0 Å². The first-order valence-electron chi connectivity index (χ1n) is 8.21. The minimum absolute atomic E-state index is 0.0374. The van der Waals surface area contributed by atoms with E-state index in [0.717, 1.165) is 25.9 Å². The molecule has 6 nitrogen and oxygen atoms in total. The number of nitrogens with zero attached hydrogens (tertiary/aromatic N) is 3. The van der Waals surface area contributed by atoms with Crippen molar-refractivity contribution < 1.29 is 14.3 Å². The Morgan fingerprint density at radius 2 is 1.83 bits per heavy atom. The molecule has 2 aliphatic rings. The van der Waals surface area contributed by atoms with Crippen molar-refractivity contribution in [2.75, 3.05) is 38.8 Å². The molecule has 0 unspecified atom stereocenters. The average Bonchev–Trinajstić information content (AvgIpc) is 2.94. The zero-order valence-corrected chi connectivity index (χ0v) is 15.7. The van der Waals surface area contributed by atoms with Crippen LogP contribution in [0.15, 0.2) is 0 Å². The number of likely N-dealkylation sites (tertiary alicyclic amines) is 1. The Kier molecular flexibility index (Phi) is 5.84. The summed E-state index contributed by atoms with van der Waals surface area (Å²) in [5, 5.41) is 0. The molecule has 0 aromatic heterocycles. The van der Waals surface area contributed by atoms with Gasteiger partial charge in [0.2, 0.25) is 5.91 Å². The van der Waals surface area contributed by atoms with Gasteiger partial charge in [0, 0.05) is 18.8 Å². The normalized spacial score (nSPS) is 23.9. The zero-order valence-electron chi connectivity index (χ0n) is 14.9. The Labute approximate surface area is 143 Å². The van der Waals surface area contributed by atoms with Gasteiger partial charge < -0.3 is 14.5 Å². The maximum atomic E-state index is 12.9. The van der Waals surface area contributed by atoms with Gasteiger partial charge in [-0.1, -0.05) is 0 Å². The Morgan fingerprint density at radius 1 is 1.22 bits per heavy atom. The van der Waals surface area contributed by atoms with Crippen LogP contribution in [0.2, 0.25) is 0 Å². The molecule has 0 radical (unpaired) electrons. The first-order valence-corrected chi connectivity index (χ1v) is 9.37. The Bertz CT molecular complexity index is 444. The van der Waals surface area contributed by atoms with Crippen LogP contribution < -0.4 is 0 Å². The molecule has 2 aliphatic heterocycles. The number of piperidine rings is 1. The lowest BCUT2D eigenvalue weighted by Crippen LogP contribution is -2.53. The van der Waals surface area contributed by atoms with Crippen LogP contribution in [0.3, 0.4) is 0 Å². The van der Waals surface area contributed by atoms with E-state index in [1.807, 2.05) is 32.7 Å². The van der Waals surface area contributed by atoms with Gasteiger partial charge in [0.05, 0.1) is 5.88 Å². The van der Waals surface area contributed by atoms with E-state index < -0.39 is 17.7 Å². The fourth-order valence-electron chi connectivity index (χ4n) is 2.94. The van der Waals surface area contributed by atoms with E-state index in [0.29, 0.717) is 11.6 Å². The van der Waals surface area contributed by atoms with Crippen LogP contribution in [0.1, 0.15) is 33.6 Å². The molecule has 2 heterocycles. The van der Waals surface area contributed by atoms with Crippen molar-refractivity contribution in [2.24, 2.45) is 0 Å². The van der Waals surface area contributed by atoms with Gasteiger partial charge in [0.25, 0.3) is 0 Å². The molecule has 0 spiro atoms. The molecule has 0 aromatic carbocycles. The number of rotatable bonds is 2. The predicted octanol–water partition coefficient (Wildman–Crippen LogP) is 1.85. The molecule has 0 bridgehead atoms. The van der Waals surface area contributed by atoms with Crippen LogP contribution in [0, 0.1) is 0 Å². The van der Waals surface area contributed by atoms with Gasteiger partial charge in [-0.05, 0) is 53.8 Å². The molecule has 2 amide bonds. The standard InChI is InChI=1S/C16H29N3O3S/c1-16(2,3)22-15(21)19-11-23-10-13(19)14(20)18(5)12-6-8-17(4)9-7-12/h12-13H,6-11H2,1-5H3/t13-/m1/s1. The number of thioether (sulfide) groups is 1. The lowest BCUT2D eigenvalue weighted by Gasteiger charge is -2.37. The molecule has 1 atom stereocenters. The molecule has 0 aliphatic carbocycles. The average molecular weight is 343 g/mol. The lowest BCUT2D eigenvalue weighted by atomic mass is 10.0. The number of amides is 2. The van der Waals surface area contributed by atoms with Crippen molar-refractivity contribution in [3.05, 3.63) is 0 Å². The maximum absolute atomic E-state index is 12.9. The topological polar surface area (TPSA) is 53.1 Å². The van der Waals surface area contributed by atoms with Gasteiger partial charge in [-0.25, -0.2) is 4.79 Å². The third kappa shape index (κ3) is 4.76. The molecule has 0 saturated carbocycles. The molecule has 7 heteroatoms. The SMILES string of the molecule is CN1CCC(N(C)C(=O)[C@H]2CSCN2C(=O)OC(C)(C)C)CC1. The lowest BCUT2D eigenvalue weighted by molar-refractivity contribution is -0.137. The minimum Gasteiger partial charge on any atom is -0.444 e. The second-order valence-electron chi connectivity index (χ2n) is 7.45. The quantitative estimate of drug-likeness (QED) is 0.766. The highest BCUT2D eigenvalue weighted by molar-refractivity contribution is 7.99. The largest absolute Gasteiger partial charge is 0.444 e. The van der Waals surface area contributed by atoms with Gasteiger partial charge in [-0.3, -0.25) is 9.69 Å². The third-order valence-electron chi connectivity index (χ3n) is 4.38. The molecule has 132 valence electrons. The fourth-order valence-corrected chi connectivity index (χ4v) is 4.08. The molecule has 0 N–H and O–H groups in total. The number of carbonyl (C=O) groups is 2. The summed E-state index contributed by atoms with van der Waals surface area (Å²) < 4.78 is 5.44. The van der Waals surface area contributed by atoms with Crippen molar-refractivity contribution in [2.45, 2.75) is 51.3 Å². The summed E-state index contributed by atoms with van der Waals surface area (Å²) in [6.45, 7) is 7.55. The number of hydrogen-bond donors (Lipinski definition) is 0. The summed E-state index contributed by atoms with van der Waals surface area (Å²) in [5.74, 6) is 1.21. The predicted molar refractivity (Wildman–Crippen MR) is 92.5 cm³/mol. The van der Waals surface area contributed by atoms with E-state index in [2.05, 4.69) is 11.9 Å². The van der Waals surface area contributed by atoms with E-state index >= 15 is 0 Å². The van der Waals surface area contributed by atoms with Crippen LogP contribution in [0.4, 0.5) is 4.79 Å². The van der Waals surface area contributed by atoms with Gasteiger partial charge in [-0.2, -0.15) is 0 Å². The van der Waals surface area contributed by atoms with Crippen molar-refractivity contribution in [1.82, 2.24) is 14.7 Å². The number of likely N-dealkylation sites (N-methyl/N-ethyl adjacent to an activating group) is 1. The minimum atomic E-state index is -0.544. The van der Waals surface area contributed by atoms with Crippen LogP contribution in [-0.4, -0.2) is 83.2 Å². The van der Waals surface area contributed by atoms with Crippen molar-refractivity contribution in [1.29, 1.82) is 0 Å². The van der Waals surface area contributed by atoms with Crippen LogP contribution in [-0.2, 0) is 9.53 Å². The summed E-state index contributed by atoms with van der Waals surface area (Å²) in [6.07, 6.45) is 1.59. The second-order valence-corrected chi connectivity index (χ2v) is 8.45. The highest BCUT2D eigenvalue weighted by Crippen LogP contribution is 2.26. The number of ether oxygens (including phenoxy) is 1. The highest BCUT2D eigenvalue weighted by Gasteiger charge is 2.40. The second kappa shape index (κ2) is 7.30. The summed E-state index contributed by atoms with van der Waals surface area (Å²) in [7, 11) is 3.98. The van der Waals surface area contributed by atoms with E-state index in [1.165, 1.54) is 0 Å². The molecular formula is C16H29N3O3S.